The van der Waals surface area contributed by atoms with Gasteiger partial charge in [0, 0.05) is 23.0 Å². The molecule has 0 fully saturated rings. The van der Waals surface area contributed by atoms with Gasteiger partial charge in [-0.15, -0.1) is 5.10 Å². The molecule has 0 amide bonds. The van der Waals surface area contributed by atoms with Gasteiger partial charge >= 0.3 is 0 Å². The van der Waals surface area contributed by atoms with Crippen molar-refractivity contribution in [2.75, 3.05) is 0 Å². The molecule has 0 aliphatic carbocycles. The Morgan fingerprint density at radius 1 is 0.917 bits per heavy atom. The Labute approximate surface area is 210 Å². The molecule has 9 heteroatoms. The second-order valence-electron chi connectivity index (χ2n) is 8.55. The van der Waals surface area contributed by atoms with Gasteiger partial charge < -0.3 is 4.74 Å². The molecule has 4 aromatic heterocycles. The zero-order valence-electron chi connectivity index (χ0n) is 19.1. The van der Waals surface area contributed by atoms with Crippen LogP contribution in [-0.2, 0) is 0 Å². The molecule has 1 aliphatic rings. The van der Waals surface area contributed by atoms with E-state index < -0.39 is 0 Å². The molecular formula is C27H18ClN7O. The van der Waals surface area contributed by atoms with E-state index in [1.54, 1.807) is 27.9 Å². The Balaban J connectivity index is 1.48. The zero-order valence-corrected chi connectivity index (χ0v) is 19.8. The maximum Gasteiger partial charge on any atom is 0.230 e. The van der Waals surface area contributed by atoms with Crippen LogP contribution in [-0.4, -0.2) is 34.3 Å². The zero-order chi connectivity index (χ0) is 24.2. The van der Waals surface area contributed by atoms with Crippen LogP contribution in [0.5, 0.6) is 11.8 Å². The molecule has 1 aliphatic heterocycles. The first-order chi connectivity index (χ1) is 17.7. The summed E-state index contributed by atoms with van der Waals surface area (Å²) in [5.41, 5.74) is 6.10. The number of halogens is 1. The van der Waals surface area contributed by atoms with Crippen molar-refractivity contribution in [3.05, 3.63) is 113 Å². The molecule has 0 bridgehead atoms. The Bertz CT molecular complexity index is 1730. The van der Waals surface area contributed by atoms with Gasteiger partial charge in [0.15, 0.2) is 11.5 Å². The van der Waals surface area contributed by atoms with E-state index in [2.05, 4.69) is 27.2 Å². The molecule has 174 valence electrons. The fourth-order valence-electron chi connectivity index (χ4n) is 4.73. The maximum atomic E-state index is 6.45. The van der Waals surface area contributed by atoms with E-state index >= 15 is 0 Å². The average molecular weight is 492 g/mol. The summed E-state index contributed by atoms with van der Waals surface area (Å²) in [6.45, 7) is 1.99. The first-order valence-corrected chi connectivity index (χ1v) is 11.8. The first kappa shape index (κ1) is 20.8. The van der Waals surface area contributed by atoms with Crippen LogP contribution in [0.25, 0.3) is 22.7 Å². The topological polar surface area (TPSA) is 83.0 Å². The van der Waals surface area contributed by atoms with Gasteiger partial charge in [-0.3, -0.25) is 4.98 Å². The van der Waals surface area contributed by atoms with Crippen molar-refractivity contribution >= 4 is 17.2 Å². The van der Waals surface area contributed by atoms with Crippen LogP contribution >= 0.6 is 11.6 Å². The highest BCUT2D eigenvalue weighted by Gasteiger charge is 2.38. The van der Waals surface area contributed by atoms with Crippen molar-refractivity contribution in [2.24, 2.45) is 0 Å². The second kappa shape index (κ2) is 8.00. The molecule has 0 saturated heterocycles. The maximum absolute atomic E-state index is 6.45. The standard InChI is InChI=1S/C27H18ClN7O/c1-16-21-22(17-6-3-2-4-7-17)23-25-31-24(18-8-5-13-29-14-18)33-34(25)15-30-26(23)36-27(21)35(32-16)20-11-9-19(28)10-12-20/h2-15,22H,1H3. The summed E-state index contributed by atoms with van der Waals surface area (Å²) >= 11 is 6.13. The number of benzene rings is 2. The number of rotatable bonds is 3. The molecule has 8 nitrogen and oxygen atoms in total. The second-order valence-corrected chi connectivity index (χ2v) is 8.98. The lowest BCUT2D eigenvalue weighted by molar-refractivity contribution is 0.402. The lowest BCUT2D eigenvalue weighted by Crippen LogP contribution is -2.16. The molecule has 0 saturated carbocycles. The summed E-state index contributed by atoms with van der Waals surface area (Å²) in [6.07, 6.45) is 5.10. The van der Waals surface area contributed by atoms with Crippen molar-refractivity contribution in [2.45, 2.75) is 12.8 Å². The predicted octanol–water partition coefficient (Wildman–Crippen LogP) is 5.62. The third kappa shape index (κ3) is 3.19. The van der Waals surface area contributed by atoms with E-state index in [4.69, 9.17) is 26.4 Å². The van der Waals surface area contributed by atoms with Crippen LogP contribution < -0.4 is 4.74 Å². The molecule has 0 spiro atoms. The van der Waals surface area contributed by atoms with Gasteiger partial charge in [0.25, 0.3) is 0 Å². The summed E-state index contributed by atoms with van der Waals surface area (Å²) in [5.74, 6) is 1.47. The summed E-state index contributed by atoms with van der Waals surface area (Å²) in [7, 11) is 0. The van der Waals surface area contributed by atoms with Crippen molar-refractivity contribution in [3.8, 4) is 28.8 Å². The molecule has 0 N–H and O–H groups in total. The van der Waals surface area contributed by atoms with E-state index in [9.17, 15) is 0 Å². The third-order valence-electron chi connectivity index (χ3n) is 6.34. The lowest BCUT2D eigenvalue weighted by Gasteiger charge is -2.26. The highest BCUT2D eigenvalue weighted by Crippen LogP contribution is 2.49. The van der Waals surface area contributed by atoms with Gasteiger partial charge in [0.2, 0.25) is 11.8 Å². The Kier molecular flexibility index (Phi) is 4.62. The Morgan fingerprint density at radius 2 is 1.75 bits per heavy atom. The monoisotopic (exact) mass is 491 g/mol. The molecule has 1 unspecified atom stereocenters. The van der Waals surface area contributed by atoms with Crippen LogP contribution in [0.1, 0.15) is 28.3 Å². The lowest BCUT2D eigenvalue weighted by atomic mass is 9.84. The van der Waals surface area contributed by atoms with E-state index in [-0.39, 0.29) is 5.92 Å². The predicted molar refractivity (Wildman–Crippen MR) is 135 cm³/mol. The van der Waals surface area contributed by atoms with Gasteiger partial charge in [0.1, 0.15) is 6.33 Å². The Morgan fingerprint density at radius 3 is 2.53 bits per heavy atom. The number of fused-ring (bicyclic) bond motifs is 4. The van der Waals surface area contributed by atoms with Gasteiger partial charge in [-0.05, 0) is 48.9 Å². The number of hydrogen-bond acceptors (Lipinski definition) is 6. The third-order valence-corrected chi connectivity index (χ3v) is 6.60. The summed E-state index contributed by atoms with van der Waals surface area (Å²) in [4.78, 5) is 13.8. The van der Waals surface area contributed by atoms with E-state index in [1.165, 1.54) is 0 Å². The summed E-state index contributed by atoms with van der Waals surface area (Å²) < 4.78 is 9.95. The molecule has 0 radical (unpaired) electrons. The number of nitrogens with zero attached hydrogens (tertiary/aromatic N) is 7. The minimum absolute atomic E-state index is 0.201. The number of aryl methyl sites for hydroxylation is 1. The van der Waals surface area contributed by atoms with Crippen molar-refractivity contribution < 1.29 is 4.74 Å². The van der Waals surface area contributed by atoms with E-state index in [0.29, 0.717) is 28.3 Å². The highest BCUT2D eigenvalue weighted by molar-refractivity contribution is 6.30. The van der Waals surface area contributed by atoms with Crippen molar-refractivity contribution in [1.29, 1.82) is 0 Å². The SMILES string of the molecule is Cc1nn(-c2ccc(Cl)cc2)c2c1C(c1ccccc1)c1c(ncn3nc(-c4cccnc4)nc13)O2. The van der Waals surface area contributed by atoms with Gasteiger partial charge in [-0.1, -0.05) is 41.9 Å². The van der Waals surface area contributed by atoms with Gasteiger partial charge in [0.05, 0.1) is 28.4 Å². The van der Waals surface area contributed by atoms with Crippen LogP contribution in [0.15, 0.2) is 85.5 Å². The average Bonchev–Trinajstić information content (AvgIpc) is 3.50. The highest BCUT2D eigenvalue weighted by atomic mass is 35.5. The van der Waals surface area contributed by atoms with E-state index in [0.717, 1.165) is 33.6 Å². The fourth-order valence-corrected chi connectivity index (χ4v) is 4.86. The largest absolute Gasteiger partial charge is 0.420 e. The normalized spacial score (nSPS) is 14.3. The molecule has 36 heavy (non-hydrogen) atoms. The molecule has 2 aromatic carbocycles. The van der Waals surface area contributed by atoms with Crippen LogP contribution in [0.2, 0.25) is 5.02 Å². The molecule has 5 heterocycles. The Hall–Kier alpha value is -4.56. The van der Waals surface area contributed by atoms with Crippen molar-refractivity contribution in [1.82, 2.24) is 34.3 Å². The molecule has 6 aromatic rings. The number of hydrogen-bond donors (Lipinski definition) is 0. The molecule has 7 rings (SSSR count). The van der Waals surface area contributed by atoms with Crippen LogP contribution in [0.4, 0.5) is 0 Å². The number of pyridine rings is 1. The van der Waals surface area contributed by atoms with Crippen LogP contribution in [0, 0.1) is 6.92 Å². The summed E-state index contributed by atoms with van der Waals surface area (Å²) in [6, 6.07) is 21.6. The smallest absolute Gasteiger partial charge is 0.230 e. The first-order valence-electron chi connectivity index (χ1n) is 11.4. The minimum Gasteiger partial charge on any atom is -0.420 e. The quantitative estimate of drug-likeness (QED) is 0.319. The molecular weight excluding hydrogens is 474 g/mol. The summed E-state index contributed by atoms with van der Waals surface area (Å²) in [5, 5.41) is 10.2. The van der Waals surface area contributed by atoms with E-state index in [1.807, 2.05) is 61.5 Å². The number of aromatic nitrogens is 7. The minimum atomic E-state index is -0.201. The van der Waals surface area contributed by atoms with Gasteiger partial charge in [-0.2, -0.15) is 5.10 Å². The van der Waals surface area contributed by atoms with Crippen LogP contribution in [0.3, 0.4) is 0 Å². The van der Waals surface area contributed by atoms with Gasteiger partial charge in [-0.25, -0.2) is 19.2 Å². The van der Waals surface area contributed by atoms with Crippen molar-refractivity contribution in [3.63, 3.8) is 0 Å². The number of ether oxygens (including phenoxy) is 1. The molecule has 1 atom stereocenters. The fraction of sp³-hybridized carbons (Fsp3) is 0.0741.